The number of nitrogen functional groups attached to an aromatic ring is 1. The van der Waals surface area contributed by atoms with Crippen LogP contribution in [0.25, 0.3) is 0 Å². The molecule has 0 aliphatic carbocycles. The Hall–Kier alpha value is -1.75. The fraction of sp³-hybridized carbons (Fsp3) is 0.462. The van der Waals surface area contributed by atoms with Crippen LogP contribution in [-0.2, 0) is 4.74 Å². The third-order valence-electron chi connectivity index (χ3n) is 2.77. The Kier molecular flexibility index (Phi) is 5.45. The standard InChI is InChI=1S/C13H21N3O2/c1-15-13(17)10-5-6-12(11(14)9-10)16(2)7-4-8-18-3/h5-6,9H,4,7-8,14H2,1-3H3,(H,15,17). The molecule has 0 aromatic heterocycles. The highest BCUT2D eigenvalue weighted by molar-refractivity contribution is 5.95. The van der Waals surface area contributed by atoms with Gasteiger partial charge in [0.05, 0.1) is 11.4 Å². The molecule has 1 aromatic carbocycles. The molecule has 0 bridgehead atoms. The van der Waals surface area contributed by atoms with E-state index >= 15 is 0 Å². The summed E-state index contributed by atoms with van der Waals surface area (Å²) < 4.78 is 5.01. The van der Waals surface area contributed by atoms with Gasteiger partial charge in [-0.1, -0.05) is 0 Å². The molecular formula is C13H21N3O2. The van der Waals surface area contributed by atoms with E-state index < -0.39 is 0 Å². The van der Waals surface area contributed by atoms with Crippen molar-refractivity contribution in [1.82, 2.24) is 5.32 Å². The lowest BCUT2D eigenvalue weighted by molar-refractivity contribution is 0.0963. The Morgan fingerprint density at radius 1 is 1.50 bits per heavy atom. The van der Waals surface area contributed by atoms with Crippen LogP contribution >= 0.6 is 0 Å². The smallest absolute Gasteiger partial charge is 0.251 e. The van der Waals surface area contributed by atoms with E-state index in [1.165, 1.54) is 0 Å². The molecule has 0 aliphatic heterocycles. The van der Waals surface area contributed by atoms with Gasteiger partial charge in [0.25, 0.3) is 5.91 Å². The zero-order valence-electron chi connectivity index (χ0n) is 11.2. The number of carbonyl (C=O) groups excluding carboxylic acids is 1. The van der Waals surface area contributed by atoms with Crippen LogP contribution in [0.3, 0.4) is 0 Å². The Bertz CT molecular complexity index is 407. The molecular weight excluding hydrogens is 230 g/mol. The SMILES string of the molecule is CNC(=O)c1ccc(N(C)CCCOC)c(N)c1. The lowest BCUT2D eigenvalue weighted by atomic mass is 10.1. The van der Waals surface area contributed by atoms with Crippen LogP contribution in [0.15, 0.2) is 18.2 Å². The summed E-state index contributed by atoms with van der Waals surface area (Å²) in [4.78, 5) is 13.5. The summed E-state index contributed by atoms with van der Waals surface area (Å²) in [7, 11) is 5.26. The van der Waals surface area contributed by atoms with Crippen LogP contribution in [0.5, 0.6) is 0 Å². The van der Waals surface area contributed by atoms with Crippen LogP contribution in [0, 0.1) is 0 Å². The Balaban J connectivity index is 2.75. The van der Waals surface area contributed by atoms with Crippen molar-refractivity contribution in [3.8, 4) is 0 Å². The van der Waals surface area contributed by atoms with E-state index in [0.717, 1.165) is 25.3 Å². The van der Waals surface area contributed by atoms with Crippen molar-refractivity contribution in [2.45, 2.75) is 6.42 Å². The van der Waals surface area contributed by atoms with Gasteiger partial charge in [-0.05, 0) is 24.6 Å². The van der Waals surface area contributed by atoms with Gasteiger partial charge >= 0.3 is 0 Å². The summed E-state index contributed by atoms with van der Waals surface area (Å²) in [6.07, 6.45) is 0.934. The predicted molar refractivity (Wildman–Crippen MR) is 74.0 cm³/mol. The Morgan fingerprint density at radius 3 is 2.78 bits per heavy atom. The lowest BCUT2D eigenvalue weighted by Crippen LogP contribution is -2.22. The molecule has 1 aromatic rings. The second kappa shape index (κ2) is 6.86. The van der Waals surface area contributed by atoms with Crippen LogP contribution in [0.2, 0.25) is 0 Å². The molecule has 0 heterocycles. The molecule has 0 radical (unpaired) electrons. The minimum Gasteiger partial charge on any atom is -0.397 e. The summed E-state index contributed by atoms with van der Waals surface area (Å²) in [5.74, 6) is -0.129. The average molecular weight is 251 g/mol. The minimum absolute atomic E-state index is 0.129. The van der Waals surface area contributed by atoms with E-state index in [1.807, 2.05) is 13.1 Å². The van der Waals surface area contributed by atoms with Gasteiger partial charge in [-0.25, -0.2) is 0 Å². The van der Waals surface area contributed by atoms with Crippen molar-refractivity contribution < 1.29 is 9.53 Å². The quantitative estimate of drug-likeness (QED) is 0.587. The number of rotatable bonds is 6. The maximum absolute atomic E-state index is 11.5. The van der Waals surface area contributed by atoms with Gasteiger partial charge in [-0.3, -0.25) is 4.79 Å². The van der Waals surface area contributed by atoms with Gasteiger partial charge in [-0.15, -0.1) is 0 Å². The van der Waals surface area contributed by atoms with Crippen molar-refractivity contribution in [2.24, 2.45) is 0 Å². The number of nitrogens with two attached hydrogens (primary N) is 1. The normalized spacial score (nSPS) is 10.2. The monoisotopic (exact) mass is 251 g/mol. The fourth-order valence-corrected chi connectivity index (χ4v) is 1.75. The van der Waals surface area contributed by atoms with Crippen molar-refractivity contribution in [3.63, 3.8) is 0 Å². The van der Waals surface area contributed by atoms with E-state index in [1.54, 1.807) is 26.3 Å². The van der Waals surface area contributed by atoms with Crippen LogP contribution in [0.4, 0.5) is 11.4 Å². The van der Waals surface area contributed by atoms with Crippen molar-refractivity contribution in [2.75, 3.05) is 45.0 Å². The van der Waals surface area contributed by atoms with Crippen LogP contribution in [-0.4, -0.2) is 40.3 Å². The second-order valence-electron chi connectivity index (χ2n) is 4.12. The first-order valence-electron chi connectivity index (χ1n) is 5.91. The number of nitrogens with one attached hydrogen (secondary N) is 1. The van der Waals surface area contributed by atoms with E-state index in [-0.39, 0.29) is 5.91 Å². The van der Waals surface area contributed by atoms with Gasteiger partial charge < -0.3 is 20.7 Å². The molecule has 5 heteroatoms. The molecule has 1 amide bonds. The Labute approximate surface area is 108 Å². The second-order valence-corrected chi connectivity index (χ2v) is 4.12. The van der Waals surface area contributed by atoms with Crippen LogP contribution < -0.4 is 16.0 Å². The molecule has 0 spiro atoms. The fourth-order valence-electron chi connectivity index (χ4n) is 1.75. The number of methoxy groups -OCH3 is 1. The molecule has 1 rings (SSSR count). The number of hydrogen-bond donors (Lipinski definition) is 2. The molecule has 0 unspecified atom stereocenters. The number of anilines is 2. The highest BCUT2D eigenvalue weighted by Crippen LogP contribution is 2.23. The van der Waals surface area contributed by atoms with E-state index in [0.29, 0.717) is 11.3 Å². The third kappa shape index (κ3) is 3.63. The summed E-state index contributed by atoms with van der Waals surface area (Å²) in [6, 6.07) is 5.34. The highest BCUT2D eigenvalue weighted by Gasteiger charge is 2.09. The first-order chi connectivity index (χ1) is 8.60. The summed E-state index contributed by atoms with van der Waals surface area (Å²) in [5.41, 5.74) is 8.08. The molecule has 3 N–H and O–H groups in total. The number of amides is 1. The van der Waals surface area contributed by atoms with Gasteiger partial charge in [0, 0.05) is 39.9 Å². The van der Waals surface area contributed by atoms with Gasteiger partial charge in [-0.2, -0.15) is 0 Å². The van der Waals surface area contributed by atoms with Crippen LogP contribution in [0.1, 0.15) is 16.8 Å². The minimum atomic E-state index is -0.129. The predicted octanol–water partition coefficient (Wildman–Crippen LogP) is 1.10. The van der Waals surface area contributed by atoms with Gasteiger partial charge in [0.1, 0.15) is 0 Å². The maximum atomic E-state index is 11.5. The first-order valence-corrected chi connectivity index (χ1v) is 5.91. The number of ether oxygens (including phenoxy) is 1. The molecule has 5 nitrogen and oxygen atoms in total. The lowest BCUT2D eigenvalue weighted by Gasteiger charge is -2.21. The van der Waals surface area contributed by atoms with E-state index in [9.17, 15) is 4.79 Å². The average Bonchev–Trinajstić information content (AvgIpc) is 2.37. The number of nitrogens with zero attached hydrogens (tertiary/aromatic N) is 1. The largest absolute Gasteiger partial charge is 0.397 e. The molecule has 0 fully saturated rings. The van der Waals surface area contributed by atoms with Crippen molar-refractivity contribution in [3.05, 3.63) is 23.8 Å². The highest BCUT2D eigenvalue weighted by atomic mass is 16.5. The van der Waals surface area contributed by atoms with E-state index in [2.05, 4.69) is 10.2 Å². The zero-order valence-corrected chi connectivity index (χ0v) is 11.2. The topological polar surface area (TPSA) is 67.6 Å². The maximum Gasteiger partial charge on any atom is 0.251 e. The van der Waals surface area contributed by atoms with E-state index in [4.69, 9.17) is 10.5 Å². The number of carbonyl (C=O) groups is 1. The Morgan fingerprint density at radius 2 is 2.22 bits per heavy atom. The first kappa shape index (κ1) is 14.3. The zero-order chi connectivity index (χ0) is 13.5. The molecule has 0 atom stereocenters. The third-order valence-corrected chi connectivity index (χ3v) is 2.77. The summed E-state index contributed by atoms with van der Waals surface area (Å²) in [5, 5.41) is 2.57. The number of benzene rings is 1. The summed E-state index contributed by atoms with van der Waals surface area (Å²) in [6.45, 7) is 1.58. The number of hydrogen-bond acceptors (Lipinski definition) is 4. The van der Waals surface area contributed by atoms with Gasteiger partial charge in [0.2, 0.25) is 0 Å². The molecule has 100 valence electrons. The molecule has 0 saturated carbocycles. The molecule has 18 heavy (non-hydrogen) atoms. The summed E-state index contributed by atoms with van der Waals surface area (Å²) >= 11 is 0. The van der Waals surface area contributed by atoms with Crippen molar-refractivity contribution >= 4 is 17.3 Å². The molecule has 0 aliphatic rings. The van der Waals surface area contributed by atoms with Gasteiger partial charge in [0.15, 0.2) is 0 Å². The molecule has 0 saturated heterocycles. The van der Waals surface area contributed by atoms with Crippen molar-refractivity contribution in [1.29, 1.82) is 0 Å².